The number of benzene rings is 1. The topological polar surface area (TPSA) is 55.1 Å². The number of rotatable bonds is 1. The molecule has 3 heteroatoms. The van der Waals surface area contributed by atoms with Crippen molar-refractivity contribution >= 4 is 5.91 Å². The fourth-order valence-electron chi connectivity index (χ4n) is 2.10. The number of carbonyl (C=O) groups excluding carboxylic acids is 1. The second-order valence-corrected chi connectivity index (χ2v) is 4.18. The molecular formula is C11H12N2O. The summed E-state index contributed by atoms with van der Waals surface area (Å²) in [4.78, 5) is 11.6. The highest BCUT2D eigenvalue weighted by Gasteiger charge is 2.43. The third kappa shape index (κ3) is 0.930. The molecule has 1 heterocycles. The number of carbonyl (C=O) groups is 1. The average molecular weight is 188 g/mol. The zero-order valence-corrected chi connectivity index (χ0v) is 7.84. The smallest absolute Gasteiger partial charge is 0.252 e. The third-order valence-corrected chi connectivity index (χ3v) is 3.14. The molecule has 0 bridgehead atoms. The molecule has 1 aromatic carbocycles. The molecule has 3 nitrogen and oxygen atoms in total. The van der Waals surface area contributed by atoms with Crippen LogP contribution in [0.5, 0.6) is 0 Å². The van der Waals surface area contributed by atoms with Crippen LogP contribution in [0.3, 0.4) is 0 Å². The second kappa shape index (κ2) is 2.36. The molecule has 0 atom stereocenters. The first-order valence-electron chi connectivity index (χ1n) is 4.90. The molecule has 2 aliphatic rings. The summed E-state index contributed by atoms with van der Waals surface area (Å²) >= 11 is 0. The molecule has 1 amide bonds. The van der Waals surface area contributed by atoms with Gasteiger partial charge in [0, 0.05) is 17.6 Å². The van der Waals surface area contributed by atoms with Crippen LogP contribution in [0.4, 0.5) is 0 Å². The summed E-state index contributed by atoms with van der Waals surface area (Å²) in [6.07, 6.45) is 1.99. The van der Waals surface area contributed by atoms with Crippen molar-refractivity contribution in [1.29, 1.82) is 0 Å². The lowest BCUT2D eigenvalue weighted by atomic mass is 9.96. The lowest BCUT2D eigenvalue weighted by Crippen LogP contribution is -2.23. The quantitative estimate of drug-likeness (QED) is 0.687. The molecule has 3 rings (SSSR count). The van der Waals surface area contributed by atoms with Crippen LogP contribution >= 0.6 is 0 Å². The van der Waals surface area contributed by atoms with Gasteiger partial charge in [-0.05, 0) is 24.0 Å². The van der Waals surface area contributed by atoms with Gasteiger partial charge in [-0.2, -0.15) is 0 Å². The van der Waals surface area contributed by atoms with Gasteiger partial charge in [-0.3, -0.25) is 4.79 Å². The molecule has 0 aromatic heterocycles. The van der Waals surface area contributed by atoms with Gasteiger partial charge in [-0.1, -0.05) is 18.2 Å². The van der Waals surface area contributed by atoms with Crippen LogP contribution in [0.25, 0.3) is 0 Å². The maximum Gasteiger partial charge on any atom is 0.252 e. The van der Waals surface area contributed by atoms with Crippen molar-refractivity contribution in [3.63, 3.8) is 0 Å². The number of fused-ring (bicyclic) bond motifs is 1. The lowest BCUT2D eigenvalue weighted by molar-refractivity contribution is 0.0964. The minimum Gasteiger partial charge on any atom is -0.348 e. The van der Waals surface area contributed by atoms with E-state index in [0.29, 0.717) is 6.54 Å². The van der Waals surface area contributed by atoms with Crippen LogP contribution in [-0.2, 0) is 12.1 Å². The van der Waals surface area contributed by atoms with Crippen LogP contribution in [0, 0.1) is 0 Å². The molecule has 3 N–H and O–H groups in total. The summed E-state index contributed by atoms with van der Waals surface area (Å²) in [5, 5.41) is 2.83. The summed E-state index contributed by atoms with van der Waals surface area (Å²) in [7, 11) is 0. The molecule has 0 spiro atoms. The van der Waals surface area contributed by atoms with Crippen molar-refractivity contribution < 1.29 is 4.79 Å². The molecule has 1 aliphatic heterocycles. The van der Waals surface area contributed by atoms with Crippen molar-refractivity contribution in [2.45, 2.75) is 24.9 Å². The monoisotopic (exact) mass is 188 g/mol. The average Bonchev–Trinajstić information content (AvgIpc) is 2.83. The zero-order chi connectivity index (χ0) is 9.76. The van der Waals surface area contributed by atoms with E-state index in [-0.39, 0.29) is 11.4 Å². The SMILES string of the molecule is NC1(c2cccc3c2C(=O)NC3)CC1. The predicted molar refractivity (Wildman–Crippen MR) is 52.7 cm³/mol. The van der Waals surface area contributed by atoms with E-state index in [0.717, 1.165) is 29.5 Å². The Balaban J connectivity index is 2.22. The number of nitrogens with two attached hydrogens (primary N) is 1. The molecule has 1 saturated carbocycles. The van der Waals surface area contributed by atoms with E-state index in [1.54, 1.807) is 0 Å². The highest BCUT2D eigenvalue weighted by molar-refractivity contribution is 6.00. The minimum atomic E-state index is -0.215. The zero-order valence-electron chi connectivity index (χ0n) is 7.84. The summed E-state index contributed by atoms with van der Waals surface area (Å²) in [5.74, 6) is 0.0346. The van der Waals surface area contributed by atoms with Crippen molar-refractivity contribution in [3.05, 3.63) is 34.9 Å². The molecule has 1 aromatic rings. The van der Waals surface area contributed by atoms with E-state index >= 15 is 0 Å². The first-order chi connectivity index (χ1) is 6.71. The Morgan fingerprint density at radius 3 is 2.86 bits per heavy atom. The normalized spacial score (nSPS) is 21.6. The number of hydrogen-bond acceptors (Lipinski definition) is 2. The van der Waals surface area contributed by atoms with Crippen molar-refractivity contribution in [2.24, 2.45) is 5.73 Å². The fourth-order valence-corrected chi connectivity index (χ4v) is 2.10. The maximum absolute atomic E-state index is 11.6. The highest BCUT2D eigenvalue weighted by atomic mass is 16.1. The summed E-state index contributed by atoms with van der Waals surface area (Å²) in [6.45, 7) is 0.651. The van der Waals surface area contributed by atoms with Crippen LogP contribution in [0.1, 0.15) is 34.3 Å². The van der Waals surface area contributed by atoms with E-state index in [9.17, 15) is 4.79 Å². The molecule has 0 unspecified atom stereocenters. The molecule has 14 heavy (non-hydrogen) atoms. The Labute approximate surface area is 82.3 Å². The van der Waals surface area contributed by atoms with E-state index < -0.39 is 0 Å². The second-order valence-electron chi connectivity index (χ2n) is 4.18. The Morgan fingerprint density at radius 2 is 2.14 bits per heavy atom. The highest BCUT2D eigenvalue weighted by Crippen LogP contribution is 2.45. The molecule has 0 radical (unpaired) electrons. The lowest BCUT2D eigenvalue weighted by Gasteiger charge is -2.12. The first kappa shape index (κ1) is 8.00. The molecule has 1 aliphatic carbocycles. The molecule has 72 valence electrons. The van der Waals surface area contributed by atoms with Gasteiger partial charge in [-0.25, -0.2) is 0 Å². The molecule has 1 fully saturated rings. The van der Waals surface area contributed by atoms with Crippen molar-refractivity contribution in [2.75, 3.05) is 0 Å². The van der Waals surface area contributed by atoms with Gasteiger partial charge < -0.3 is 11.1 Å². The van der Waals surface area contributed by atoms with Gasteiger partial charge in [0.25, 0.3) is 5.91 Å². The van der Waals surface area contributed by atoms with E-state index in [4.69, 9.17) is 5.73 Å². The van der Waals surface area contributed by atoms with E-state index in [1.807, 2.05) is 18.2 Å². The van der Waals surface area contributed by atoms with Gasteiger partial charge in [0.2, 0.25) is 0 Å². The van der Waals surface area contributed by atoms with Crippen molar-refractivity contribution in [1.82, 2.24) is 5.32 Å². The largest absolute Gasteiger partial charge is 0.348 e. The van der Waals surface area contributed by atoms with Gasteiger partial charge >= 0.3 is 0 Å². The van der Waals surface area contributed by atoms with Crippen LogP contribution in [0.15, 0.2) is 18.2 Å². The van der Waals surface area contributed by atoms with Gasteiger partial charge in [-0.15, -0.1) is 0 Å². The number of amides is 1. The first-order valence-corrected chi connectivity index (χ1v) is 4.90. The Morgan fingerprint density at radius 1 is 1.36 bits per heavy atom. The standard InChI is InChI=1S/C11H12N2O/c12-11(4-5-11)8-3-1-2-7-6-13-10(14)9(7)8/h1-3H,4-6,12H2,(H,13,14). The number of hydrogen-bond donors (Lipinski definition) is 2. The third-order valence-electron chi connectivity index (χ3n) is 3.14. The summed E-state index contributed by atoms with van der Waals surface area (Å²) in [5.41, 5.74) is 8.85. The van der Waals surface area contributed by atoms with Crippen LogP contribution < -0.4 is 11.1 Å². The Hall–Kier alpha value is -1.35. The fraction of sp³-hybridized carbons (Fsp3) is 0.364. The minimum absolute atomic E-state index is 0.0346. The van der Waals surface area contributed by atoms with Crippen LogP contribution in [-0.4, -0.2) is 5.91 Å². The van der Waals surface area contributed by atoms with Gasteiger partial charge in [0.1, 0.15) is 0 Å². The predicted octanol–water partition coefficient (Wildman–Crippen LogP) is 0.878. The number of nitrogens with one attached hydrogen (secondary N) is 1. The summed E-state index contributed by atoms with van der Waals surface area (Å²) < 4.78 is 0. The maximum atomic E-state index is 11.6. The van der Waals surface area contributed by atoms with Gasteiger partial charge in [0.05, 0.1) is 0 Å². The molecular weight excluding hydrogens is 176 g/mol. The van der Waals surface area contributed by atoms with E-state index in [2.05, 4.69) is 5.32 Å². The van der Waals surface area contributed by atoms with Crippen LogP contribution in [0.2, 0.25) is 0 Å². The Bertz CT molecular complexity index is 421. The van der Waals surface area contributed by atoms with Crippen molar-refractivity contribution in [3.8, 4) is 0 Å². The summed E-state index contributed by atoms with van der Waals surface area (Å²) in [6, 6.07) is 5.96. The van der Waals surface area contributed by atoms with E-state index in [1.165, 1.54) is 0 Å². The van der Waals surface area contributed by atoms with Gasteiger partial charge in [0.15, 0.2) is 0 Å². The Kier molecular flexibility index (Phi) is 1.35. The molecule has 0 saturated heterocycles.